The summed E-state index contributed by atoms with van der Waals surface area (Å²) in [6.45, 7) is 1.39. The van der Waals surface area contributed by atoms with E-state index in [1.807, 2.05) is 0 Å². The largest absolute Gasteiger partial charge is 0.399 e. The van der Waals surface area contributed by atoms with Crippen molar-refractivity contribution in [3.05, 3.63) is 24.3 Å². The first-order valence-electron chi connectivity index (χ1n) is 4.50. The molecule has 0 spiro atoms. The minimum Gasteiger partial charge on any atom is -0.399 e. The number of benzene rings is 1. The Kier molecular flexibility index (Phi) is 6.74. The van der Waals surface area contributed by atoms with Gasteiger partial charge in [0.1, 0.15) is 0 Å². The highest BCUT2D eigenvalue weighted by Gasteiger charge is 1.84. The van der Waals surface area contributed by atoms with Crippen molar-refractivity contribution >= 4 is 17.3 Å². The Hall–Kier alpha value is -1.75. The Labute approximate surface area is 89.1 Å². The summed E-state index contributed by atoms with van der Waals surface area (Å²) < 4.78 is 0. The van der Waals surface area contributed by atoms with Gasteiger partial charge in [-0.25, -0.2) is 5.11 Å². The lowest BCUT2D eigenvalue weighted by Gasteiger charge is -1.91. The van der Waals surface area contributed by atoms with Crippen LogP contribution in [0.2, 0.25) is 0 Å². The smallest absolute Gasteiger partial charge is 0.216 e. The SMILES string of the molecule is CC(=O)NCC[O].Nc1ccc(N)cc1. The molecular formula is C10H16N3O2. The molecular weight excluding hydrogens is 194 g/mol. The predicted molar refractivity (Wildman–Crippen MR) is 59.5 cm³/mol. The van der Waals surface area contributed by atoms with Crippen LogP contribution in [0.1, 0.15) is 6.92 Å². The summed E-state index contributed by atoms with van der Waals surface area (Å²) in [5.41, 5.74) is 12.2. The minimum absolute atomic E-state index is 0.143. The second-order valence-electron chi connectivity index (χ2n) is 2.85. The molecule has 0 aliphatic rings. The van der Waals surface area contributed by atoms with Crippen molar-refractivity contribution in [3.8, 4) is 0 Å². The molecule has 15 heavy (non-hydrogen) atoms. The van der Waals surface area contributed by atoms with Gasteiger partial charge in [-0.3, -0.25) is 4.79 Å². The number of anilines is 2. The molecule has 1 aromatic carbocycles. The van der Waals surface area contributed by atoms with Crippen LogP contribution in [-0.2, 0) is 9.90 Å². The Morgan fingerprint density at radius 1 is 1.20 bits per heavy atom. The van der Waals surface area contributed by atoms with Crippen LogP contribution in [0.15, 0.2) is 24.3 Å². The van der Waals surface area contributed by atoms with Crippen LogP contribution in [-0.4, -0.2) is 19.1 Å². The van der Waals surface area contributed by atoms with E-state index in [0.717, 1.165) is 11.4 Å². The third kappa shape index (κ3) is 8.58. The highest BCUT2D eigenvalue weighted by atomic mass is 16.3. The zero-order valence-electron chi connectivity index (χ0n) is 8.69. The molecule has 5 N–H and O–H groups in total. The molecule has 83 valence electrons. The van der Waals surface area contributed by atoms with Gasteiger partial charge in [-0.2, -0.15) is 0 Å². The van der Waals surface area contributed by atoms with Crippen molar-refractivity contribution in [3.63, 3.8) is 0 Å². The second-order valence-corrected chi connectivity index (χ2v) is 2.85. The van der Waals surface area contributed by atoms with Gasteiger partial charge in [0.15, 0.2) is 0 Å². The maximum atomic E-state index is 9.95. The number of hydrogen-bond acceptors (Lipinski definition) is 3. The van der Waals surface area contributed by atoms with Gasteiger partial charge in [0.25, 0.3) is 0 Å². The first kappa shape index (κ1) is 13.2. The monoisotopic (exact) mass is 210 g/mol. The summed E-state index contributed by atoms with van der Waals surface area (Å²) in [6.07, 6.45) is 0. The van der Waals surface area contributed by atoms with Gasteiger partial charge in [0.05, 0.1) is 6.61 Å². The fraction of sp³-hybridized carbons (Fsp3) is 0.300. The zero-order chi connectivity index (χ0) is 11.7. The number of nitrogens with one attached hydrogen (secondary N) is 1. The molecule has 0 heterocycles. The Bertz CT molecular complexity index is 264. The molecule has 0 atom stereocenters. The highest BCUT2D eigenvalue weighted by molar-refractivity contribution is 5.72. The van der Waals surface area contributed by atoms with Gasteiger partial charge in [-0.05, 0) is 24.3 Å². The quantitative estimate of drug-likeness (QED) is 0.616. The van der Waals surface area contributed by atoms with E-state index >= 15 is 0 Å². The first-order valence-corrected chi connectivity index (χ1v) is 4.50. The average Bonchev–Trinajstić information content (AvgIpc) is 2.20. The molecule has 5 heteroatoms. The summed E-state index contributed by atoms with van der Waals surface area (Å²) in [6, 6.07) is 7.09. The van der Waals surface area contributed by atoms with Crippen LogP contribution in [0.4, 0.5) is 11.4 Å². The molecule has 0 saturated carbocycles. The maximum absolute atomic E-state index is 9.95. The van der Waals surface area contributed by atoms with Gasteiger partial charge in [0, 0.05) is 24.8 Å². The topological polar surface area (TPSA) is 101 Å². The standard InChI is InChI=1S/C6H8N2.C4H8NO2/c7-5-1-2-6(8)4-3-5;1-4(7)5-2-3-6/h1-4H,7-8H2;2-3H2,1H3,(H,5,7). The number of hydrogen-bond donors (Lipinski definition) is 3. The first-order chi connectivity index (χ1) is 7.06. The molecule has 0 aromatic heterocycles. The molecule has 1 rings (SSSR count). The molecule has 0 saturated heterocycles. The van der Waals surface area contributed by atoms with E-state index in [0.29, 0.717) is 0 Å². The number of carbonyl (C=O) groups is 1. The number of nitrogen functional groups attached to an aromatic ring is 2. The zero-order valence-corrected chi connectivity index (χ0v) is 8.69. The molecule has 5 nitrogen and oxygen atoms in total. The molecule has 0 bridgehead atoms. The van der Waals surface area contributed by atoms with E-state index in [1.54, 1.807) is 24.3 Å². The molecule has 1 amide bonds. The Morgan fingerprint density at radius 2 is 1.60 bits per heavy atom. The normalized spacial score (nSPS) is 8.67. The number of rotatable bonds is 2. The summed E-state index contributed by atoms with van der Waals surface area (Å²) in [4.78, 5) is 9.95. The average molecular weight is 210 g/mol. The van der Waals surface area contributed by atoms with E-state index in [1.165, 1.54) is 6.92 Å². The van der Waals surface area contributed by atoms with Gasteiger partial charge < -0.3 is 16.8 Å². The second kappa shape index (κ2) is 7.64. The molecule has 1 aromatic rings. The van der Waals surface area contributed by atoms with E-state index < -0.39 is 0 Å². The molecule has 0 aliphatic carbocycles. The van der Waals surface area contributed by atoms with Gasteiger partial charge in [0.2, 0.25) is 5.91 Å². The van der Waals surface area contributed by atoms with E-state index in [9.17, 15) is 9.90 Å². The molecule has 1 radical (unpaired) electrons. The van der Waals surface area contributed by atoms with Crippen LogP contribution in [0.5, 0.6) is 0 Å². The Balaban J connectivity index is 0.000000265. The van der Waals surface area contributed by atoms with Crippen LogP contribution < -0.4 is 16.8 Å². The number of carbonyl (C=O) groups excluding carboxylic acids is 1. The summed E-state index contributed by atoms with van der Waals surface area (Å²) in [7, 11) is 0. The van der Waals surface area contributed by atoms with Crippen LogP contribution in [0.3, 0.4) is 0 Å². The van der Waals surface area contributed by atoms with E-state index in [-0.39, 0.29) is 19.1 Å². The molecule has 0 unspecified atom stereocenters. The summed E-state index contributed by atoms with van der Waals surface area (Å²) in [5.74, 6) is -0.143. The van der Waals surface area contributed by atoms with E-state index in [2.05, 4.69) is 5.32 Å². The predicted octanol–water partition coefficient (Wildman–Crippen LogP) is 0.404. The van der Waals surface area contributed by atoms with Crippen molar-refractivity contribution < 1.29 is 9.90 Å². The van der Waals surface area contributed by atoms with Crippen molar-refractivity contribution in [2.45, 2.75) is 6.92 Å². The molecule has 0 fully saturated rings. The lowest BCUT2D eigenvalue weighted by molar-refractivity contribution is -0.119. The summed E-state index contributed by atoms with van der Waals surface area (Å²) in [5, 5.41) is 12.0. The number of amides is 1. The lowest BCUT2D eigenvalue weighted by atomic mass is 10.3. The molecule has 0 aliphatic heterocycles. The maximum Gasteiger partial charge on any atom is 0.216 e. The van der Waals surface area contributed by atoms with E-state index in [4.69, 9.17) is 11.5 Å². The van der Waals surface area contributed by atoms with Crippen molar-refractivity contribution in [1.29, 1.82) is 0 Å². The summed E-state index contributed by atoms with van der Waals surface area (Å²) >= 11 is 0. The van der Waals surface area contributed by atoms with Crippen molar-refractivity contribution in [1.82, 2.24) is 5.32 Å². The fourth-order valence-electron chi connectivity index (χ4n) is 0.723. The highest BCUT2D eigenvalue weighted by Crippen LogP contribution is 2.04. The fourth-order valence-corrected chi connectivity index (χ4v) is 0.723. The van der Waals surface area contributed by atoms with Crippen molar-refractivity contribution in [2.24, 2.45) is 0 Å². The van der Waals surface area contributed by atoms with Gasteiger partial charge in [-0.15, -0.1) is 0 Å². The van der Waals surface area contributed by atoms with Gasteiger partial charge in [-0.1, -0.05) is 0 Å². The minimum atomic E-state index is -0.237. The van der Waals surface area contributed by atoms with Crippen LogP contribution >= 0.6 is 0 Å². The number of nitrogens with two attached hydrogens (primary N) is 2. The van der Waals surface area contributed by atoms with Gasteiger partial charge >= 0.3 is 0 Å². The van der Waals surface area contributed by atoms with Crippen LogP contribution in [0, 0.1) is 0 Å². The van der Waals surface area contributed by atoms with Crippen LogP contribution in [0.25, 0.3) is 0 Å². The third-order valence-corrected chi connectivity index (χ3v) is 1.41. The lowest BCUT2D eigenvalue weighted by Crippen LogP contribution is -2.22. The Morgan fingerprint density at radius 3 is 1.80 bits per heavy atom. The third-order valence-electron chi connectivity index (χ3n) is 1.41. The van der Waals surface area contributed by atoms with Crippen molar-refractivity contribution in [2.75, 3.05) is 24.6 Å².